The fraction of sp³-hybridized carbons (Fsp3) is 0.625. The van der Waals surface area contributed by atoms with Crippen LogP contribution in [0.25, 0.3) is 0 Å². The van der Waals surface area contributed by atoms with Crippen LogP contribution in [0, 0.1) is 5.92 Å². The van der Waals surface area contributed by atoms with Crippen molar-refractivity contribution >= 4 is 11.8 Å². The lowest BCUT2D eigenvalue weighted by Crippen LogP contribution is -2.26. The van der Waals surface area contributed by atoms with E-state index in [1.165, 1.54) is 16.9 Å². The molecule has 0 saturated carbocycles. The molecule has 2 atom stereocenters. The molecule has 2 heteroatoms. The monoisotopic (exact) mass is 265 g/mol. The molecule has 0 aromatic heterocycles. The summed E-state index contributed by atoms with van der Waals surface area (Å²) in [7, 11) is 0. The van der Waals surface area contributed by atoms with Crippen molar-refractivity contribution in [2.45, 2.75) is 39.7 Å². The van der Waals surface area contributed by atoms with Crippen LogP contribution < -0.4 is 5.32 Å². The average molecular weight is 265 g/mol. The van der Waals surface area contributed by atoms with Crippen LogP contribution in [0.5, 0.6) is 0 Å². The van der Waals surface area contributed by atoms with Gasteiger partial charge in [0.25, 0.3) is 0 Å². The van der Waals surface area contributed by atoms with Crippen molar-refractivity contribution in [2.75, 3.05) is 18.6 Å². The first-order valence-corrected chi connectivity index (χ1v) is 8.41. The van der Waals surface area contributed by atoms with Crippen LogP contribution >= 0.6 is 11.8 Å². The quantitative estimate of drug-likeness (QED) is 0.752. The summed E-state index contributed by atoms with van der Waals surface area (Å²) in [6.07, 6.45) is 4.45. The van der Waals surface area contributed by atoms with E-state index in [2.05, 4.69) is 56.6 Å². The molecule has 0 aliphatic rings. The molecule has 0 saturated heterocycles. The molecule has 102 valence electrons. The van der Waals surface area contributed by atoms with Gasteiger partial charge in [0.1, 0.15) is 0 Å². The molecule has 0 aliphatic carbocycles. The number of nitrogens with one attached hydrogen (secondary N) is 1. The van der Waals surface area contributed by atoms with Gasteiger partial charge in [0.05, 0.1) is 0 Å². The highest BCUT2D eigenvalue weighted by molar-refractivity contribution is 7.98. The minimum absolute atomic E-state index is 0.500. The van der Waals surface area contributed by atoms with E-state index in [9.17, 15) is 0 Å². The van der Waals surface area contributed by atoms with Crippen molar-refractivity contribution < 1.29 is 0 Å². The lowest BCUT2D eigenvalue weighted by atomic mass is 10.0. The summed E-state index contributed by atoms with van der Waals surface area (Å²) in [5.74, 6) is 1.97. The van der Waals surface area contributed by atoms with Gasteiger partial charge >= 0.3 is 0 Å². The van der Waals surface area contributed by atoms with Crippen LogP contribution in [0.4, 0.5) is 0 Å². The fourth-order valence-corrected chi connectivity index (χ4v) is 2.86. The standard InChI is InChI=1S/C16H27NS/c1-5-14-7-9-15(10-8-14)16(6-2)17-11-13(3)12-18-4/h7-10,13,16-17H,5-6,11-12H2,1-4H3. The largest absolute Gasteiger partial charge is 0.310 e. The lowest BCUT2D eigenvalue weighted by Gasteiger charge is -2.20. The number of aryl methyl sites for hydroxylation is 1. The van der Waals surface area contributed by atoms with E-state index in [0.29, 0.717) is 6.04 Å². The van der Waals surface area contributed by atoms with E-state index in [1.807, 2.05) is 11.8 Å². The van der Waals surface area contributed by atoms with Gasteiger partial charge in [-0.25, -0.2) is 0 Å². The Morgan fingerprint density at radius 3 is 2.33 bits per heavy atom. The van der Waals surface area contributed by atoms with Gasteiger partial charge in [-0.05, 0) is 48.4 Å². The second-order valence-corrected chi connectivity index (χ2v) is 5.94. The molecule has 0 amide bonds. The molecular formula is C16H27NS. The van der Waals surface area contributed by atoms with Crippen molar-refractivity contribution in [3.8, 4) is 0 Å². The zero-order chi connectivity index (χ0) is 13.4. The molecule has 18 heavy (non-hydrogen) atoms. The summed E-state index contributed by atoms with van der Waals surface area (Å²) in [6, 6.07) is 9.56. The van der Waals surface area contributed by atoms with Crippen molar-refractivity contribution in [3.05, 3.63) is 35.4 Å². The Morgan fingerprint density at radius 1 is 1.17 bits per heavy atom. The first-order valence-electron chi connectivity index (χ1n) is 7.02. The third-order valence-corrected chi connectivity index (χ3v) is 4.26. The fourth-order valence-electron chi connectivity index (χ4n) is 2.17. The molecule has 1 nitrogen and oxygen atoms in total. The van der Waals surface area contributed by atoms with E-state index >= 15 is 0 Å². The summed E-state index contributed by atoms with van der Waals surface area (Å²) in [6.45, 7) is 7.88. The second-order valence-electron chi connectivity index (χ2n) is 5.02. The van der Waals surface area contributed by atoms with Gasteiger partial charge in [0.15, 0.2) is 0 Å². The molecule has 0 spiro atoms. The Labute approximate surface area is 117 Å². The number of hydrogen-bond acceptors (Lipinski definition) is 2. The van der Waals surface area contributed by atoms with Gasteiger partial charge in [-0.1, -0.05) is 45.0 Å². The number of hydrogen-bond donors (Lipinski definition) is 1. The highest BCUT2D eigenvalue weighted by Crippen LogP contribution is 2.18. The molecule has 1 N–H and O–H groups in total. The highest BCUT2D eigenvalue weighted by atomic mass is 32.2. The third kappa shape index (κ3) is 5.03. The van der Waals surface area contributed by atoms with Crippen molar-refractivity contribution in [1.29, 1.82) is 0 Å². The maximum absolute atomic E-state index is 3.69. The predicted molar refractivity (Wildman–Crippen MR) is 84.4 cm³/mol. The molecule has 0 radical (unpaired) electrons. The van der Waals surface area contributed by atoms with Gasteiger partial charge in [-0.3, -0.25) is 0 Å². The van der Waals surface area contributed by atoms with Crippen molar-refractivity contribution in [1.82, 2.24) is 5.32 Å². The van der Waals surface area contributed by atoms with Crippen LogP contribution in [-0.2, 0) is 6.42 Å². The minimum Gasteiger partial charge on any atom is -0.310 e. The molecular weight excluding hydrogens is 238 g/mol. The van der Waals surface area contributed by atoms with Crippen LogP contribution in [0.3, 0.4) is 0 Å². The Hall–Kier alpha value is -0.470. The topological polar surface area (TPSA) is 12.0 Å². The van der Waals surface area contributed by atoms with E-state index in [-0.39, 0.29) is 0 Å². The van der Waals surface area contributed by atoms with Crippen LogP contribution in [0.15, 0.2) is 24.3 Å². The molecule has 1 aromatic carbocycles. The van der Waals surface area contributed by atoms with E-state index in [0.717, 1.165) is 25.3 Å². The molecule has 1 rings (SSSR count). The summed E-state index contributed by atoms with van der Waals surface area (Å²) in [5.41, 5.74) is 2.84. The van der Waals surface area contributed by atoms with Crippen LogP contribution in [-0.4, -0.2) is 18.6 Å². The van der Waals surface area contributed by atoms with Gasteiger partial charge < -0.3 is 5.32 Å². The van der Waals surface area contributed by atoms with E-state index in [4.69, 9.17) is 0 Å². The average Bonchev–Trinajstić information content (AvgIpc) is 2.40. The van der Waals surface area contributed by atoms with Crippen molar-refractivity contribution in [2.24, 2.45) is 5.92 Å². The molecule has 0 aliphatic heterocycles. The minimum atomic E-state index is 0.500. The maximum atomic E-state index is 3.69. The second kappa shape index (κ2) is 8.60. The maximum Gasteiger partial charge on any atom is 0.0317 e. The molecule has 0 heterocycles. The van der Waals surface area contributed by atoms with E-state index in [1.54, 1.807) is 0 Å². The predicted octanol–water partition coefficient (Wildman–Crippen LogP) is 4.29. The lowest BCUT2D eigenvalue weighted by molar-refractivity contribution is 0.468. The Kier molecular flexibility index (Phi) is 7.45. The van der Waals surface area contributed by atoms with Crippen LogP contribution in [0.2, 0.25) is 0 Å². The first-order chi connectivity index (χ1) is 8.71. The number of rotatable bonds is 8. The molecule has 0 bridgehead atoms. The van der Waals surface area contributed by atoms with Crippen LogP contribution in [0.1, 0.15) is 44.4 Å². The van der Waals surface area contributed by atoms with Gasteiger partial charge in [-0.15, -0.1) is 0 Å². The number of thioether (sulfide) groups is 1. The Bertz CT molecular complexity index is 320. The summed E-state index contributed by atoms with van der Waals surface area (Å²) in [5, 5.41) is 3.69. The smallest absolute Gasteiger partial charge is 0.0317 e. The van der Waals surface area contributed by atoms with E-state index < -0.39 is 0 Å². The Balaban J connectivity index is 2.53. The van der Waals surface area contributed by atoms with Gasteiger partial charge in [0, 0.05) is 6.04 Å². The van der Waals surface area contributed by atoms with Crippen molar-refractivity contribution in [3.63, 3.8) is 0 Å². The Morgan fingerprint density at radius 2 is 1.83 bits per heavy atom. The summed E-state index contributed by atoms with van der Waals surface area (Å²) < 4.78 is 0. The third-order valence-electron chi connectivity index (χ3n) is 3.36. The van der Waals surface area contributed by atoms with Gasteiger partial charge in [-0.2, -0.15) is 11.8 Å². The summed E-state index contributed by atoms with van der Waals surface area (Å²) >= 11 is 1.93. The normalized spacial score (nSPS) is 14.4. The first kappa shape index (κ1) is 15.6. The summed E-state index contributed by atoms with van der Waals surface area (Å²) in [4.78, 5) is 0. The zero-order valence-corrected chi connectivity index (χ0v) is 13.0. The number of benzene rings is 1. The molecule has 2 unspecified atom stereocenters. The molecule has 0 fully saturated rings. The zero-order valence-electron chi connectivity index (χ0n) is 12.2. The SMILES string of the molecule is CCc1ccc(C(CC)NCC(C)CSC)cc1. The molecule has 1 aromatic rings. The highest BCUT2D eigenvalue weighted by Gasteiger charge is 2.10. The van der Waals surface area contributed by atoms with Gasteiger partial charge in [0.2, 0.25) is 0 Å².